The van der Waals surface area contributed by atoms with Crippen molar-refractivity contribution in [3.63, 3.8) is 0 Å². The van der Waals surface area contributed by atoms with Crippen LogP contribution < -0.4 is 5.32 Å². The molecule has 4 heteroatoms. The van der Waals surface area contributed by atoms with Crippen LogP contribution in [0.4, 0.5) is 0 Å². The van der Waals surface area contributed by atoms with Crippen LogP contribution in [-0.4, -0.2) is 15.8 Å². The van der Waals surface area contributed by atoms with Crippen LogP contribution in [0.1, 0.15) is 18.9 Å². The molecule has 18 heavy (non-hydrogen) atoms. The summed E-state index contributed by atoms with van der Waals surface area (Å²) in [7, 11) is 0. The number of hydrogen-bond acceptors (Lipinski definition) is 3. The zero-order valence-electron chi connectivity index (χ0n) is 10.4. The summed E-state index contributed by atoms with van der Waals surface area (Å²) in [5, 5.41) is 16.2. The predicted octanol–water partition coefficient (Wildman–Crippen LogP) is 2.26. The van der Waals surface area contributed by atoms with E-state index >= 15 is 0 Å². The number of nitriles is 1. The second-order valence-electron chi connectivity index (χ2n) is 4.22. The van der Waals surface area contributed by atoms with Crippen molar-refractivity contribution in [2.24, 2.45) is 0 Å². The van der Waals surface area contributed by atoms with Gasteiger partial charge in [0.05, 0.1) is 18.2 Å². The van der Waals surface area contributed by atoms with E-state index in [4.69, 9.17) is 5.26 Å². The molecule has 0 fully saturated rings. The molecule has 2 rings (SSSR count). The monoisotopic (exact) mass is 240 g/mol. The van der Waals surface area contributed by atoms with Crippen LogP contribution in [0.5, 0.6) is 0 Å². The molecule has 0 saturated carbocycles. The minimum Gasteiger partial charge on any atom is -0.309 e. The van der Waals surface area contributed by atoms with Gasteiger partial charge in [0.15, 0.2) is 0 Å². The molecular weight excluding hydrogens is 224 g/mol. The lowest BCUT2D eigenvalue weighted by atomic mass is 10.1. The third kappa shape index (κ3) is 2.96. The first-order valence-corrected chi connectivity index (χ1v) is 5.99. The molecule has 1 heterocycles. The van der Waals surface area contributed by atoms with Crippen molar-refractivity contribution >= 4 is 0 Å². The first kappa shape index (κ1) is 12.3. The molecule has 0 spiro atoms. The van der Waals surface area contributed by atoms with E-state index in [1.165, 1.54) is 5.56 Å². The molecule has 1 atom stereocenters. The Morgan fingerprint density at radius 1 is 1.39 bits per heavy atom. The smallest absolute Gasteiger partial charge is 0.0690 e. The number of nitrogens with zero attached hydrogens (tertiary/aromatic N) is 3. The number of benzene rings is 1. The summed E-state index contributed by atoms with van der Waals surface area (Å²) in [5.74, 6) is 0. The fourth-order valence-corrected chi connectivity index (χ4v) is 1.79. The summed E-state index contributed by atoms with van der Waals surface area (Å²) in [5.41, 5.74) is 2.24. The van der Waals surface area contributed by atoms with E-state index in [1.807, 2.05) is 42.1 Å². The molecular formula is C14H16N4. The van der Waals surface area contributed by atoms with Gasteiger partial charge in [-0.2, -0.15) is 10.4 Å². The number of aromatic nitrogens is 2. The second-order valence-corrected chi connectivity index (χ2v) is 4.22. The zero-order chi connectivity index (χ0) is 12.8. The Labute approximate surface area is 107 Å². The maximum Gasteiger partial charge on any atom is 0.0690 e. The summed E-state index contributed by atoms with van der Waals surface area (Å²) in [6.45, 7) is 2.75. The van der Waals surface area contributed by atoms with Gasteiger partial charge in [-0.05, 0) is 24.6 Å². The van der Waals surface area contributed by atoms with Gasteiger partial charge in [-0.25, -0.2) is 4.68 Å². The summed E-state index contributed by atoms with van der Waals surface area (Å²) >= 11 is 0. The highest BCUT2D eigenvalue weighted by Gasteiger charge is 2.06. The van der Waals surface area contributed by atoms with Crippen molar-refractivity contribution in [2.45, 2.75) is 25.9 Å². The Balaban J connectivity index is 2.12. The van der Waals surface area contributed by atoms with Gasteiger partial charge in [0.25, 0.3) is 0 Å². The van der Waals surface area contributed by atoms with Gasteiger partial charge >= 0.3 is 0 Å². The topological polar surface area (TPSA) is 53.6 Å². The molecule has 92 valence electrons. The Kier molecular flexibility index (Phi) is 4.11. The lowest BCUT2D eigenvalue weighted by molar-refractivity contribution is 0.555. The molecule has 0 amide bonds. The van der Waals surface area contributed by atoms with Crippen LogP contribution in [-0.2, 0) is 6.54 Å². The SMILES string of the molecule is CC(CC#N)NCc1ccccc1-n1cccn1. The maximum absolute atomic E-state index is 8.63. The summed E-state index contributed by atoms with van der Waals surface area (Å²) in [4.78, 5) is 0. The zero-order valence-corrected chi connectivity index (χ0v) is 10.4. The first-order valence-electron chi connectivity index (χ1n) is 5.99. The van der Waals surface area contributed by atoms with Crippen LogP contribution in [0.2, 0.25) is 0 Å². The number of nitrogens with one attached hydrogen (secondary N) is 1. The molecule has 1 aromatic carbocycles. The number of para-hydroxylation sites is 1. The van der Waals surface area contributed by atoms with Gasteiger partial charge in [0, 0.05) is 25.0 Å². The van der Waals surface area contributed by atoms with Crippen molar-refractivity contribution in [1.29, 1.82) is 5.26 Å². The van der Waals surface area contributed by atoms with Crippen molar-refractivity contribution in [1.82, 2.24) is 15.1 Å². The van der Waals surface area contributed by atoms with Crippen LogP contribution in [0.25, 0.3) is 5.69 Å². The average molecular weight is 240 g/mol. The maximum atomic E-state index is 8.63. The van der Waals surface area contributed by atoms with Gasteiger partial charge in [-0.15, -0.1) is 0 Å². The van der Waals surface area contributed by atoms with Crippen LogP contribution in [0.15, 0.2) is 42.7 Å². The fraction of sp³-hybridized carbons (Fsp3) is 0.286. The van der Waals surface area contributed by atoms with Crippen molar-refractivity contribution in [2.75, 3.05) is 0 Å². The molecule has 4 nitrogen and oxygen atoms in total. The van der Waals surface area contributed by atoms with Gasteiger partial charge in [-0.3, -0.25) is 0 Å². The van der Waals surface area contributed by atoms with E-state index < -0.39 is 0 Å². The molecule has 1 aromatic heterocycles. The van der Waals surface area contributed by atoms with E-state index in [1.54, 1.807) is 6.20 Å². The normalized spacial score (nSPS) is 12.0. The molecule has 2 aromatic rings. The minimum absolute atomic E-state index is 0.195. The van der Waals surface area contributed by atoms with E-state index in [2.05, 4.69) is 22.6 Å². The van der Waals surface area contributed by atoms with E-state index in [9.17, 15) is 0 Å². The molecule has 0 aliphatic rings. The highest BCUT2D eigenvalue weighted by molar-refractivity contribution is 5.40. The average Bonchev–Trinajstić information content (AvgIpc) is 2.91. The Bertz CT molecular complexity index is 525. The van der Waals surface area contributed by atoms with Crippen LogP contribution in [0.3, 0.4) is 0 Å². The Hall–Kier alpha value is -2.12. The van der Waals surface area contributed by atoms with Crippen LogP contribution >= 0.6 is 0 Å². The molecule has 0 saturated heterocycles. The predicted molar refractivity (Wildman–Crippen MR) is 70.1 cm³/mol. The van der Waals surface area contributed by atoms with Crippen molar-refractivity contribution in [3.8, 4) is 11.8 Å². The molecule has 1 unspecified atom stereocenters. The standard InChI is InChI=1S/C14H16N4/c1-12(7-8-15)16-11-13-5-2-3-6-14(13)18-10-4-9-17-18/h2-6,9-10,12,16H,7,11H2,1H3. The lowest BCUT2D eigenvalue weighted by Gasteiger charge is -2.13. The van der Waals surface area contributed by atoms with Crippen LogP contribution in [0, 0.1) is 11.3 Å². The van der Waals surface area contributed by atoms with Gasteiger partial charge in [0.1, 0.15) is 0 Å². The number of rotatable bonds is 5. The van der Waals surface area contributed by atoms with E-state index in [-0.39, 0.29) is 6.04 Å². The summed E-state index contributed by atoms with van der Waals surface area (Å²) in [6, 6.07) is 12.4. The largest absolute Gasteiger partial charge is 0.309 e. The summed E-state index contributed by atoms with van der Waals surface area (Å²) < 4.78 is 1.85. The van der Waals surface area contributed by atoms with Gasteiger partial charge < -0.3 is 5.32 Å². The lowest BCUT2D eigenvalue weighted by Crippen LogP contribution is -2.25. The van der Waals surface area contributed by atoms with E-state index in [0.717, 1.165) is 12.2 Å². The van der Waals surface area contributed by atoms with E-state index in [0.29, 0.717) is 6.42 Å². The fourth-order valence-electron chi connectivity index (χ4n) is 1.79. The molecule has 0 radical (unpaired) electrons. The second kappa shape index (κ2) is 5.99. The van der Waals surface area contributed by atoms with Gasteiger partial charge in [0.2, 0.25) is 0 Å². The third-order valence-corrected chi connectivity index (χ3v) is 2.78. The molecule has 0 bridgehead atoms. The molecule has 0 aliphatic carbocycles. The Morgan fingerprint density at radius 2 is 2.22 bits per heavy atom. The summed E-state index contributed by atoms with van der Waals surface area (Å²) in [6.07, 6.45) is 4.21. The molecule has 0 aliphatic heterocycles. The quantitative estimate of drug-likeness (QED) is 0.872. The highest BCUT2D eigenvalue weighted by Crippen LogP contribution is 2.13. The van der Waals surface area contributed by atoms with Crippen molar-refractivity contribution in [3.05, 3.63) is 48.3 Å². The van der Waals surface area contributed by atoms with Crippen molar-refractivity contribution < 1.29 is 0 Å². The first-order chi connectivity index (χ1) is 8.81. The Morgan fingerprint density at radius 3 is 2.94 bits per heavy atom. The third-order valence-electron chi connectivity index (χ3n) is 2.78. The highest BCUT2D eigenvalue weighted by atomic mass is 15.3. The number of hydrogen-bond donors (Lipinski definition) is 1. The molecule has 1 N–H and O–H groups in total. The minimum atomic E-state index is 0.195. The van der Waals surface area contributed by atoms with Gasteiger partial charge in [-0.1, -0.05) is 18.2 Å².